The summed E-state index contributed by atoms with van der Waals surface area (Å²) in [6, 6.07) is 6.70. The molecule has 0 spiro atoms. The van der Waals surface area contributed by atoms with Crippen molar-refractivity contribution < 1.29 is 36.6 Å². The Kier molecular flexibility index (Phi) is 6.89. The number of ether oxygens (including phenoxy) is 2. The van der Waals surface area contributed by atoms with Crippen LogP contribution in [0, 0.1) is 5.82 Å². The van der Waals surface area contributed by atoms with Crippen molar-refractivity contribution in [3.8, 4) is 5.75 Å². The zero-order valence-electron chi connectivity index (χ0n) is 18.0. The molecule has 0 aliphatic carbocycles. The van der Waals surface area contributed by atoms with Gasteiger partial charge in [-0.25, -0.2) is 14.2 Å². The van der Waals surface area contributed by atoms with Crippen molar-refractivity contribution in [2.75, 3.05) is 18.5 Å². The third-order valence-electron chi connectivity index (χ3n) is 4.74. The molecule has 1 N–H and O–H groups in total. The molecule has 3 aromatic rings. The molecule has 1 aromatic carbocycles. The molecule has 0 radical (unpaired) electrons. The number of rotatable bonds is 7. The highest BCUT2D eigenvalue weighted by Crippen LogP contribution is 2.36. The Bertz CT molecular complexity index is 1200. The summed E-state index contributed by atoms with van der Waals surface area (Å²) in [5, 5.41) is 2.61. The lowest BCUT2D eigenvalue weighted by atomic mass is 10.1. The minimum atomic E-state index is -4.66. The number of halogens is 4. The van der Waals surface area contributed by atoms with Gasteiger partial charge in [-0.2, -0.15) is 13.2 Å². The van der Waals surface area contributed by atoms with Gasteiger partial charge in [0.1, 0.15) is 11.5 Å². The third kappa shape index (κ3) is 5.07. The van der Waals surface area contributed by atoms with Crippen molar-refractivity contribution in [3.05, 3.63) is 53.1 Å². The van der Waals surface area contributed by atoms with Gasteiger partial charge >= 0.3 is 12.1 Å². The molecule has 0 atom stereocenters. The van der Waals surface area contributed by atoms with Gasteiger partial charge in [0.15, 0.2) is 18.1 Å². The predicted molar refractivity (Wildman–Crippen MR) is 112 cm³/mol. The average molecular weight is 467 g/mol. The number of carbonyl (C=O) groups excluding carboxylic acids is 2. The van der Waals surface area contributed by atoms with Crippen molar-refractivity contribution in [1.29, 1.82) is 0 Å². The number of alkyl halides is 3. The zero-order valence-corrected chi connectivity index (χ0v) is 18.0. The topological polar surface area (TPSA) is 82.4 Å². The highest BCUT2D eigenvalue weighted by Gasteiger charge is 2.32. The fourth-order valence-corrected chi connectivity index (χ4v) is 3.29. The number of hydrogen-bond acceptors (Lipinski definition) is 5. The van der Waals surface area contributed by atoms with E-state index >= 15 is 0 Å². The molecule has 0 saturated heterocycles. The number of pyridine rings is 1. The van der Waals surface area contributed by atoms with Gasteiger partial charge in [-0.15, -0.1) is 0 Å². The van der Waals surface area contributed by atoms with E-state index in [0.29, 0.717) is 12.1 Å². The first kappa shape index (κ1) is 24.0. The van der Waals surface area contributed by atoms with Crippen LogP contribution in [-0.2, 0) is 18.2 Å². The number of carbonyl (C=O) groups is 2. The molecule has 176 valence electrons. The number of aromatic nitrogens is 2. The first-order valence-electron chi connectivity index (χ1n) is 10.0. The number of esters is 1. The van der Waals surface area contributed by atoms with Crippen molar-refractivity contribution in [3.63, 3.8) is 0 Å². The van der Waals surface area contributed by atoms with Crippen LogP contribution < -0.4 is 10.1 Å². The number of nitrogens with one attached hydrogen (secondary N) is 1. The van der Waals surface area contributed by atoms with Crippen LogP contribution in [0.1, 0.15) is 40.4 Å². The second-order valence-corrected chi connectivity index (χ2v) is 7.00. The quantitative estimate of drug-likeness (QED) is 0.404. The zero-order chi connectivity index (χ0) is 24.3. The first-order valence-corrected chi connectivity index (χ1v) is 10.0. The Hall–Kier alpha value is -3.63. The Balaban J connectivity index is 2.15. The molecule has 1 amide bonds. The highest BCUT2D eigenvalue weighted by molar-refractivity contribution is 6.07. The maximum atomic E-state index is 14.0. The van der Waals surface area contributed by atoms with Gasteiger partial charge < -0.3 is 19.4 Å². The van der Waals surface area contributed by atoms with E-state index in [1.807, 2.05) is 0 Å². The second-order valence-electron chi connectivity index (χ2n) is 7.00. The highest BCUT2D eigenvalue weighted by atomic mass is 19.4. The van der Waals surface area contributed by atoms with E-state index in [9.17, 15) is 27.2 Å². The molecule has 0 aliphatic rings. The molecule has 0 saturated carbocycles. The molecule has 0 unspecified atom stereocenters. The molecule has 0 bridgehead atoms. The van der Waals surface area contributed by atoms with E-state index in [0.717, 1.165) is 6.07 Å². The van der Waals surface area contributed by atoms with E-state index in [1.165, 1.54) is 35.9 Å². The van der Waals surface area contributed by atoms with Crippen LogP contribution in [0.3, 0.4) is 0 Å². The number of benzene rings is 1. The van der Waals surface area contributed by atoms with Crippen molar-refractivity contribution >= 4 is 28.6 Å². The van der Waals surface area contributed by atoms with Crippen LogP contribution in [-0.4, -0.2) is 40.8 Å². The largest absolute Gasteiger partial charge is 0.481 e. The minimum absolute atomic E-state index is 0.00332. The summed E-state index contributed by atoms with van der Waals surface area (Å²) in [5.74, 6) is -2.76. The Morgan fingerprint density at radius 3 is 2.48 bits per heavy atom. The van der Waals surface area contributed by atoms with Gasteiger partial charge in [0, 0.05) is 7.05 Å². The molecule has 7 nitrogen and oxygen atoms in total. The first-order chi connectivity index (χ1) is 15.6. The Morgan fingerprint density at radius 2 is 1.88 bits per heavy atom. The van der Waals surface area contributed by atoms with Crippen LogP contribution in [0.4, 0.5) is 23.2 Å². The lowest BCUT2D eigenvalue weighted by Crippen LogP contribution is -2.20. The number of hydrogen-bond donors (Lipinski definition) is 1. The van der Waals surface area contributed by atoms with Gasteiger partial charge in [-0.3, -0.25) is 4.79 Å². The van der Waals surface area contributed by atoms with E-state index in [-0.39, 0.29) is 40.3 Å². The summed E-state index contributed by atoms with van der Waals surface area (Å²) in [7, 11) is 1.44. The number of nitrogens with zero attached hydrogens (tertiary/aromatic N) is 2. The summed E-state index contributed by atoms with van der Waals surface area (Å²) < 4.78 is 63.9. The number of anilines is 1. The molecular weight excluding hydrogens is 446 g/mol. The maximum Gasteiger partial charge on any atom is 0.422 e. The molecule has 0 aliphatic heterocycles. The SMILES string of the molecule is CCOC(=O)c1c(OCC(F)(F)F)c2cc(NC(=O)c3ccccc3F)c(CC)nc2n1C. The van der Waals surface area contributed by atoms with Gasteiger partial charge in [0.25, 0.3) is 5.91 Å². The second kappa shape index (κ2) is 9.47. The molecular formula is C22H21F4N3O4. The minimum Gasteiger partial charge on any atom is -0.481 e. The molecule has 11 heteroatoms. The summed E-state index contributed by atoms with van der Waals surface area (Å²) in [5.41, 5.74) is 0.231. The lowest BCUT2D eigenvalue weighted by Gasteiger charge is -2.12. The Labute approximate surface area is 186 Å². The van der Waals surface area contributed by atoms with E-state index in [1.54, 1.807) is 13.8 Å². The number of fused-ring (bicyclic) bond motifs is 1. The van der Waals surface area contributed by atoms with Crippen molar-refractivity contribution in [1.82, 2.24) is 9.55 Å². The average Bonchev–Trinajstić information content (AvgIpc) is 3.02. The fraction of sp³-hybridized carbons (Fsp3) is 0.318. The summed E-state index contributed by atoms with van der Waals surface area (Å²) in [4.78, 5) is 29.5. The molecule has 0 fully saturated rings. The van der Waals surface area contributed by atoms with Gasteiger partial charge in [0.05, 0.1) is 28.9 Å². The normalized spacial score (nSPS) is 11.5. The summed E-state index contributed by atoms with van der Waals surface area (Å²) in [6.45, 7) is 1.66. The van der Waals surface area contributed by atoms with Crippen LogP contribution in [0.2, 0.25) is 0 Å². The van der Waals surface area contributed by atoms with Crippen LogP contribution >= 0.6 is 0 Å². The van der Waals surface area contributed by atoms with E-state index in [2.05, 4.69) is 10.3 Å². The lowest BCUT2D eigenvalue weighted by molar-refractivity contribution is -0.153. The fourth-order valence-electron chi connectivity index (χ4n) is 3.29. The number of aryl methyl sites for hydroxylation is 2. The van der Waals surface area contributed by atoms with Gasteiger partial charge in [0.2, 0.25) is 0 Å². The van der Waals surface area contributed by atoms with Gasteiger partial charge in [-0.05, 0) is 31.5 Å². The van der Waals surface area contributed by atoms with Crippen LogP contribution in [0.25, 0.3) is 11.0 Å². The maximum absolute atomic E-state index is 14.0. The summed E-state index contributed by atoms with van der Waals surface area (Å²) >= 11 is 0. The van der Waals surface area contributed by atoms with E-state index in [4.69, 9.17) is 9.47 Å². The standard InChI is InChI=1S/C22H21F4N3O4/c1-4-15-16(28-20(30)12-8-6-7-9-14(12)23)10-13-18(33-11-22(24,25)26)17(21(31)32-5-2)29(3)19(13)27-15/h6-10H,4-5,11H2,1-3H3,(H,28,30). The summed E-state index contributed by atoms with van der Waals surface area (Å²) in [6.07, 6.45) is -4.33. The smallest absolute Gasteiger partial charge is 0.422 e. The molecule has 2 heterocycles. The van der Waals surface area contributed by atoms with Crippen molar-refractivity contribution in [2.45, 2.75) is 26.4 Å². The number of amides is 1. The van der Waals surface area contributed by atoms with Crippen LogP contribution in [0.5, 0.6) is 5.75 Å². The molecule has 3 rings (SSSR count). The molecule has 2 aromatic heterocycles. The van der Waals surface area contributed by atoms with Crippen LogP contribution in [0.15, 0.2) is 30.3 Å². The Morgan fingerprint density at radius 1 is 1.18 bits per heavy atom. The van der Waals surface area contributed by atoms with Crippen molar-refractivity contribution in [2.24, 2.45) is 7.05 Å². The third-order valence-corrected chi connectivity index (χ3v) is 4.74. The molecule has 33 heavy (non-hydrogen) atoms. The monoisotopic (exact) mass is 467 g/mol. The van der Waals surface area contributed by atoms with Gasteiger partial charge in [-0.1, -0.05) is 19.1 Å². The predicted octanol–water partition coefficient (Wildman–Crippen LogP) is 4.64. The van der Waals surface area contributed by atoms with E-state index < -0.39 is 30.5 Å².